The third kappa shape index (κ3) is 5.13. The first-order valence-corrected chi connectivity index (χ1v) is 7.96. The van der Waals surface area contributed by atoms with Crippen molar-refractivity contribution in [3.63, 3.8) is 0 Å². The van der Waals surface area contributed by atoms with E-state index in [0.29, 0.717) is 19.4 Å². The Morgan fingerprint density at radius 1 is 1.00 bits per heavy atom. The van der Waals surface area contributed by atoms with Crippen LogP contribution in [-0.4, -0.2) is 17.7 Å². The Bertz CT molecular complexity index is 639. The molecule has 3 heteroatoms. The molecule has 2 aromatic carbocycles. The van der Waals surface area contributed by atoms with Crippen molar-refractivity contribution in [3.05, 3.63) is 64.7 Å². The summed E-state index contributed by atoms with van der Waals surface area (Å²) in [7, 11) is 0. The highest BCUT2D eigenvalue weighted by molar-refractivity contribution is 5.76. The summed E-state index contributed by atoms with van der Waals surface area (Å²) in [5.41, 5.74) is 4.33. The first-order valence-electron chi connectivity index (χ1n) is 7.96. The molecule has 2 rings (SSSR count). The second kappa shape index (κ2) is 7.82. The van der Waals surface area contributed by atoms with E-state index in [4.69, 9.17) is 4.74 Å². The maximum absolute atomic E-state index is 11.5. The minimum atomic E-state index is -0.778. The SMILES string of the molecule is Cc1ccc(C(CCCOc2cc(C)cc(C)c2)C(=O)O)cc1. The number of carboxylic acid groups (broad SMARTS) is 1. The fourth-order valence-corrected chi connectivity index (χ4v) is 2.73. The van der Waals surface area contributed by atoms with E-state index in [1.165, 1.54) is 11.1 Å². The van der Waals surface area contributed by atoms with Crippen LogP contribution in [0.2, 0.25) is 0 Å². The smallest absolute Gasteiger partial charge is 0.310 e. The van der Waals surface area contributed by atoms with Gasteiger partial charge in [-0.1, -0.05) is 35.9 Å². The maximum Gasteiger partial charge on any atom is 0.310 e. The van der Waals surface area contributed by atoms with E-state index >= 15 is 0 Å². The second-order valence-electron chi connectivity index (χ2n) is 6.12. The predicted octanol–water partition coefficient (Wildman–Crippen LogP) is 4.64. The minimum absolute atomic E-state index is 0.474. The lowest BCUT2D eigenvalue weighted by atomic mass is 9.94. The molecular weight excluding hydrogens is 288 g/mol. The zero-order chi connectivity index (χ0) is 16.8. The predicted molar refractivity (Wildman–Crippen MR) is 92.2 cm³/mol. The zero-order valence-corrected chi connectivity index (χ0v) is 14.0. The van der Waals surface area contributed by atoms with Gasteiger partial charge in [0.05, 0.1) is 12.5 Å². The van der Waals surface area contributed by atoms with Crippen LogP contribution in [0.5, 0.6) is 5.75 Å². The molecule has 0 aliphatic rings. The molecule has 23 heavy (non-hydrogen) atoms. The third-order valence-electron chi connectivity index (χ3n) is 3.88. The number of carbonyl (C=O) groups is 1. The number of ether oxygens (including phenoxy) is 1. The third-order valence-corrected chi connectivity index (χ3v) is 3.88. The molecule has 0 heterocycles. The number of hydrogen-bond donors (Lipinski definition) is 1. The van der Waals surface area contributed by atoms with Crippen LogP contribution >= 0.6 is 0 Å². The average Bonchev–Trinajstić information content (AvgIpc) is 2.47. The van der Waals surface area contributed by atoms with E-state index in [2.05, 4.69) is 6.07 Å². The molecule has 0 bridgehead atoms. The molecule has 0 amide bonds. The van der Waals surface area contributed by atoms with Crippen LogP contribution in [0.1, 0.15) is 41.0 Å². The van der Waals surface area contributed by atoms with Crippen LogP contribution in [0.4, 0.5) is 0 Å². The van der Waals surface area contributed by atoms with Gasteiger partial charge < -0.3 is 9.84 Å². The number of hydrogen-bond acceptors (Lipinski definition) is 2. The van der Waals surface area contributed by atoms with E-state index in [1.807, 2.05) is 57.2 Å². The summed E-state index contributed by atoms with van der Waals surface area (Å²) in [6.07, 6.45) is 1.28. The van der Waals surface area contributed by atoms with Gasteiger partial charge in [0.15, 0.2) is 0 Å². The topological polar surface area (TPSA) is 46.5 Å². The van der Waals surface area contributed by atoms with Gasteiger partial charge >= 0.3 is 5.97 Å². The first-order chi connectivity index (χ1) is 11.0. The zero-order valence-electron chi connectivity index (χ0n) is 14.0. The lowest BCUT2D eigenvalue weighted by Gasteiger charge is -2.14. The Hall–Kier alpha value is -2.29. The molecule has 0 fully saturated rings. The Labute approximate surface area is 137 Å². The summed E-state index contributed by atoms with van der Waals surface area (Å²) in [6.45, 7) is 6.60. The number of rotatable bonds is 7. The van der Waals surface area contributed by atoms with Gasteiger partial charge in [0, 0.05) is 0 Å². The second-order valence-corrected chi connectivity index (χ2v) is 6.12. The molecule has 0 saturated heterocycles. The highest BCUT2D eigenvalue weighted by Gasteiger charge is 2.19. The largest absolute Gasteiger partial charge is 0.494 e. The molecule has 3 nitrogen and oxygen atoms in total. The van der Waals surface area contributed by atoms with Crippen LogP contribution in [0, 0.1) is 20.8 Å². The van der Waals surface area contributed by atoms with E-state index in [-0.39, 0.29) is 0 Å². The summed E-state index contributed by atoms with van der Waals surface area (Å²) in [5, 5.41) is 9.44. The molecule has 0 spiro atoms. The number of benzene rings is 2. The Morgan fingerprint density at radius 3 is 2.17 bits per heavy atom. The van der Waals surface area contributed by atoms with Crippen molar-refractivity contribution in [2.75, 3.05) is 6.61 Å². The van der Waals surface area contributed by atoms with E-state index in [1.54, 1.807) is 0 Å². The van der Waals surface area contributed by atoms with Crippen LogP contribution in [0.3, 0.4) is 0 Å². The van der Waals surface area contributed by atoms with Crippen molar-refractivity contribution >= 4 is 5.97 Å². The summed E-state index contributed by atoms with van der Waals surface area (Å²) in [4.78, 5) is 11.5. The van der Waals surface area contributed by atoms with Crippen LogP contribution < -0.4 is 4.74 Å². The average molecular weight is 312 g/mol. The molecule has 122 valence electrons. The summed E-state index contributed by atoms with van der Waals surface area (Å²) in [5.74, 6) is -0.400. The van der Waals surface area contributed by atoms with Gasteiger partial charge in [-0.05, 0) is 62.4 Å². The molecule has 0 aromatic heterocycles. The lowest BCUT2D eigenvalue weighted by molar-refractivity contribution is -0.139. The summed E-state index contributed by atoms with van der Waals surface area (Å²) >= 11 is 0. The fraction of sp³-hybridized carbons (Fsp3) is 0.350. The van der Waals surface area contributed by atoms with E-state index in [9.17, 15) is 9.90 Å². The fourth-order valence-electron chi connectivity index (χ4n) is 2.73. The van der Waals surface area contributed by atoms with Gasteiger partial charge in [-0.3, -0.25) is 4.79 Å². The van der Waals surface area contributed by atoms with Crippen molar-refractivity contribution in [2.45, 2.75) is 39.5 Å². The lowest BCUT2D eigenvalue weighted by Crippen LogP contribution is -2.13. The van der Waals surface area contributed by atoms with Crippen molar-refractivity contribution < 1.29 is 14.6 Å². The maximum atomic E-state index is 11.5. The highest BCUT2D eigenvalue weighted by Crippen LogP contribution is 2.23. The molecule has 0 aliphatic heterocycles. The molecule has 1 atom stereocenters. The molecule has 2 aromatic rings. The molecule has 1 unspecified atom stereocenters. The molecule has 1 N–H and O–H groups in total. The van der Waals surface area contributed by atoms with Crippen molar-refractivity contribution in [2.24, 2.45) is 0 Å². The Kier molecular flexibility index (Phi) is 5.80. The quantitative estimate of drug-likeness (QED) is 0.758. The summed E-state index contributed by atoms with van der Waals surface area (Å²) in [6, 6.07) is 13.8. The molecule has 0 aliphatic carbocycles. The normalized spacial score (nSPS) is 12.0. The monoisotopic (exact) mass is 312 g/mol. The molecular formula is C20H24O3. The van der Waals surface area contributed by atoms with Crippen molar-refractivity contribution in [1.82, 2.24) is 0 Å². The number of aryl methyl sites for hydroxylation is 3. The molecule has 0 saturated carbocycles. The van der Waals surface area contributed by atoms with E-state index in [0.717, 1.165) is 16.9 Å². The van der Waals surface area contributed by atoms with Crippen LogP contribution in [-0.2, 0) is 4.79 Å². The summed E-state index contributed by atoms with van der Waals surface area (Å²) < 4.78 is 5.76. The van der Waals surface area contributed by atoms with E-state index < -0.39 is 11.9 Å². The van der Waals surface area contributed by atoms with Gasteiger partial charge in [0.1, 0.15) is 5.75 Å². The Morgan fingerprint density at radius 2 is 1.61 bits per heavy atom. The number of aliphatic carboxylic acids is 1. The van der Waals surface area contributed by atoms with Crippen molar-refractivity contribution in [3.8, 4) is 5.75 Å². The minimum Gasteiger partial charge on any atom is -0.494 e. The van der Waals surface area contributed by atoms with Gasteiger partial charge in [-0.15, -0.1) is 0 Å². The first kappa shape index (κ1) is 17.1. The van der Waals surface area contributed by atoms with Gasteiger partial charge in [-0.25, -0.2) is 0 Å². The van der Waals surface area contributed by atoms with Gasteiger partial charge in [0.25, 0.3) is 0 Å². The van der Waals surface area contributed by atoms with Gasteiger partial charge in [0.2, 0.25) is 0 Å². The Balaban J connectivity index is 1.89. The highest BCUT2D eigenvalue weighted by atomic mass is 16.5. The molecule has 0 radical (unpaired) electrons. The standard InChI is InChI=1S/C20H24O3/c1-14-6-8-17(9-7-14)19(20(21)22)5-4-10-23-18-12-15(2)11-16(3)13-18/h6-9,11-13,19H,4-5,10H2,1-3H3,(H,21,22). The van der Waals surface area contributed by atoms with Crippen LogP contribution in [0.25, 0.3) is 0 Å². The van der Waals surface area contributed by atoms with Gasteiger partial charge in [-0.2, -0.15) is 0 Å². The van der Waals surface area contributed by atoms with Crippen molar-refractivity contribution in [1.29, 1.82) is 0 Å². The van der Waals surface area contributed by atoms with Crippen LogP contribution in [0.15, 0.2) is 42.5 Å². The number of carboxylic acids is 1.